The van der Waals surface area contributed by atoms with Crippen molar-refractivity contribution in [1.29, 1.82) is 0 Å². The van der Waals surface area contributed by atoms with Crippen LogP contribution < -0.4 is 4.90 Å². The summed E-state index contributed by atoms with van der Waals surface area (Å²) in [7, 11) is -3.92. The molecule has 0 aromatic heterocycles. The summed E-state index contributed by atoms with van der Waals surface area (Å²) in [6.07, 6.45) is 0.410. The zero-order valence-corrected chi connectivity index (χ0v) is 19.3. The molecule has 1 saturated heterocycles. The second-order valence-corrected chi connectivity index (χ2v) is 10.6. The number of halogens is 4. The zero-order valence-electron chi connectivity index (χ0n) is 15.4. The number of hydrogen-bond acceptors (Lipinski definition) is 4. The number of sulfonamides is 1. The highest BCUT2D eigenvalue weighted by molar-refractivity contribution is 7.89. The molecule has 2 aromatic carbocycles. The van der Waals surface area contributed by atoms with Crippen LogP contribution in [0.4, 0.5) is 10.5 Å². The maximum absolute atomic E-state index is 13.1. The van der Waals surface area contributed by atoms with Crippen molar-refractivity contribution in [2.24, 2.45) is 0 Å². The van der Waals surface area contributed by atoms with Gasteiger partial charge in [0.25, 0.3) is 0 Å². The third kappa shape index (κ3) is 3.99. The molecule has 0 saturated carbocycles. The summed E-state index contributed by atoms with van der Waals surface area (Å²) in [5.74, 6) is 0. The van der Waals surface area contributed by atoms with E-state index in [9.17, 15) is 13.2 Å². The molecule has 0 unspecified atom stereocenters. The number of hydrogen-bond donors (Lipinski definition) is 0. The number of nitrogens with zero attached hydrogens (tertiary/aromatic N) is 2. The van der Waals surface area contributed by atoms with Crippen molar-refractivity contribution in [2.45, 2.75) is 30.4 Å². The summed E-state index contributed by atoms with van der Waals surface area (Å²) < 4.78 is 32.8. The molecule has 2 heterocycles. The van der Waals surface area contributed by atoms with E-state index in [0.29, 0.717) is 17.9 Å². The Hall–Kier alpha value is -1.22. The van der Waals surface area contributed by atoms with Crippen LogP contribution >= 0.6 is 46.4 Å². The number of fused-ring (bicyclic) bond motifs is 1. The van der Waals surface area contributed by atoms with Crippen LogP contribution in [0.5, 0.6) is 0 Å². The molecule has 0 aliphatic carbocycles. The fraction of sp³-hybridized carbons (Fsp3) is 0.316. The lowest BCUT2D eigenvalue weighted by molar-refractivity contribution is 0.136. The molecule has 1 amide bonds. The van der Waals surface area contributed by atoms with E-state index in [0.717, 1.165) is 11.3 Å². The van der Waals surface area contributed by atoms with Gasteiger partial charge in [0, 0.05) is 34.7 Å². The maximum Gasteiger partial charge on any atom is 0.414 e. The minimum atomic E-state index is -3.92. The van der Waals surface area contributed by atoms with E-state index in [-0.39, 0.29) is 45.7 Å². The van der Waals surface area contributed by atoms with Gasteiger partial charge in [0.05, 0.1) is 15.7 Å². The predicted molar refractivity (Wildman–Crippen MR) is 117 cm³/mol. The zero-order chi connectivity index (χ0) is 21.6. The predicted octanol–water partition coefficient (Wildman–Crippen LogP) is 5.61. The number of piperidine rings is 1. The largest absolute Gasteiger partial charge is 0.444 e. The van der Waals surface area contributed by atoms with Crippen molar-refractivity contribution in [1.82, 2.24) is 4.31 Å². The Morgan fingerprint density at radius 2 is 1.57 bits per heavy atom. The van der Waals surface area contributed by atoms with Crippen LogP contribution in [0, 0.1) is 0 Å². The first kappa shape index (κ1) is 22.0. The number of amides is 1. The highest BCUT2D eigenvalue weighted by atomic mass is 35.5. The number of carbonyl (C=O) groups is 1. The van der Waals surface area contributed by atoms with Gasteiger partial charge in [-0.05, 0) is 43.2 Å². The molecule has 2 aliphatic rings. The maximum atomic E-state index is 13.1. The van der Waals surface area contributed by atoms with Crippen molar-refractivity contribution in [3.63, 3.8) is 0 Å². The quantitative estimate of drug-likeness (QED) is 0.539. The Labute approximate surface area is 194 Å². The smallest absolute Gasteiger partial charge is 0.414 e. The molecule has 0 bridgehead atoms. The first-order valence-corrected chi connectivity index (χ1v) is 12.0. The average molecular weight is 510 g/mol. The lowest BCUT2D eigenvalue weighted by Crippen LogP contribution is -2.50. The lowest BCUT2D eigenvalue weighted by atomic mass is 10.0. The molecule has 30 heavy (non-hydrogen) atoms. The summed E-state index contributed by atoms with van der Waals surface area (Å²) in [5, 5.41) is 0.759. The number of benzene rings is 2. The minimum Gasteiger partial charge on any atom is -0.444 e. The van der Waals surface area contributed by atoms with Crippen molar-refractivity contribution in [3.8, 4) is 0 Å². The third-order valence-corrected chi connectivity index (χ3v) is 8.47. The van der Waals surface area contributed by atoms with Crippen molar-refractivity contribution in [3.05, 3.63) is 56.0 Å². The molecule has 160 valence electrons. The van der Waals surface area contributed by atoms with Crippen LogP contribution in [0.3, 0.4) is 0 Å². The van der Waals surface area contributed by atoms with E-state index in [4.69, 9.17) is 51.1 Å². The third-order valence-electron chi connectivity index (χ3n) is 5.20. The van der Waals surface area contributed by atoms with Gasteiger partial charge in [-0.15, -0.1) is 0 Å². The summed E-state index contributed by atoms with van der Waals surface area (Å²) in [4.78, 5) is 13.9. The molecule has 4 rings (SSSR count). The topological polar surface area (TPSA) is 66.9 Å². The van der Waals surface area contributed by atoms with Crippen LogP contribution in [-0.4, -0.2) is 37.9 Å². The fourth-order valence-electron chi connectivity index (χ4n) is 3.80. The summed E-state index contributed by atoms with van der Waals surface area (Å²) in [6, 6.07) is 7.76. The van der Waals surface area contributed by atoms with E-state index >= 15 is 0 Å². The van der Waals surface area contributed by atoms with E-state index in [1.165, 1.54) is 16.4 Å². The number of ether oxygens (including phenoxy) is 1. The summed E-state index contributed by atoms with van der Waals surface area (Å²) >= 11 is 24.2. The number of rotatable bonds is 3. The lowest BCUT2D eigenvalue weighted by Gasteiger charge is -2.39. The molecule has 6 nitrogen and oxygen atoms in total. The first-order chi connectivity index (χ1) is 14.2. The van der Waals surface area contributed by atoms with Gasteiger partial charge in [-0.3, -0.25) is 4.90 Å². The van der Waals surface area contributed by atoms with E-state index in [1.807, 2.05) is 0 Å². The summed E-state index contributed by atoms with van der Waals surface area (Å²) in [6.45, 7) is 0.565. The molecule has 2 aliphatic heterocycles. The standard InChI is InChI=1S/C19H16Cl4N2O4S/c20-12-1-2-17-11(7-12)10-29-19(26)25(17)14-3-5-24(6-4-14)30(27,28)18-15(22)8-13(21)9-16(18)23/h1-2,7-9,14H,3-6,10H2. The van der Waals surface area contributed by atoms with Crippen molar-refractivity contribution < 1.29 is 17.9 Å². The fourth-order valence-corrected chi connectivity index (χ4v) is 6.96. The van der Waals surface area contributed by atoms with Gasteiger partial charge >= 0.3 is 6.09 Å². The van der Waals surface area contributed by atoms with Crippen LogP contribution in [0.15, 0.2) is 35.2 Å². The highest BCUT2D eigenvalue weighted by Crippen LogP contribution is 2.37. The normalized spacial score (nSPS) is 18.3. The number of cyclic esters (lactones) is 1. The van der Waals surface area contributed by atoms with Gasteiger partial charge in [-0.1, -0.05) is 46.4 Å². The Kier molecular flexibility index (Phi) is 6.14. The number of carbonyl (C=O) groups excluding carboxylic acids is 1. The molecule has 0 spiro atoms. The van der Waals surface area contributed by atoms with Crippen LogP contribution in [0.2, 0.25) is 20.1 Å². The average Bonchev–Trinajstić information content (AvgIpc) is 2.67. The van der Waals surface area contributed by atoms with Gasteiger partial charge in [0.15, 0.2) is 0 Å². The second-order valence-electron chi connectivity index (χ2n) is 7.03. The first-order valence-electron chi connectivity index (χ1n) is 9.07. The van der Waals surface area contributed by atoms with Crippen LogP contribution in [0.25, 0.3) is 0 Å². The molecule has 1 fully saturated rings. The summed E-state index contributed by atoms with van der Waals surface area (Å²) in [5.41, 5.74) is 1.55. The SMILES string of the molecule is O=C1OCc2cc(Cl)ccc2N1C1CCN(S(=O)(=O)c2c(Cl)cc(Cl)cc2Cl)CC1. The van der Waals surface area contributed by atoms with E-state index in [1.54, 1.807) is 23.1 Å². The Morgan fingerprint density at radius 1 is 0.933 bits per heavy atom. The molecule has 0 atom stereocenters. The van der Waals surface area contributed by atoms with Crippen LogP contribution in [0.1, 0.15) is 18.4 Å². The van der Waals surface area contributed by atoms with Crippen molar-refractivity contribution in [2.75, 3.05) is 18.0 Å². The minimum absolute atomic E-state index is 0.0277. The Balaban J connectivity index is 1.56. The molecule has 2 aromatic rings. The molecular formula is C19H16Cl4N2O4S. The molecular weight excluding hydrogens is 494 g/mol. The van der Waals surface area contributed by atoms with Gasteiger partial charge in [0.1, 0.15) is 11.5 Å². The van der Waals surface area contributed by atoms with Gasteiger partial charge in [-0.2, -0.15) is 4.31 Å². The van der Waals surface area contributed by atoms with Gasteiger partial charge in [0.2, 0.25) is 10.0 Å². The Bertz CT molecular complexity index is 1090. The van der Waals surface area contributed by atoms with Crippen molar-refractivity contribution >= 4 is 68.2 Å². The van der Waals surface area contributed by atoms with Crippen LogP contribution in [-0.2, 0) is 21.4 Å². The monoisotopic (exact) mass is 508 g/mol. The van der Waals surface area contributed by atoms with E-state index < -0.39 is 16.1 Å². The Morgan fingerprint density at radius 3 is 2.20 bits per heavy atom. The molecule has 0 radical (unpaired) electrons. The van der Waals surface area contributed by atoms with E-state index in [2.05, 4.69) is 0 Å². The molecule has 11 heteroatoms. The second kappa shape index (κ2) is 8.37. The number of anilines is 1. The van der Waals surface area contributed by atoms with Gasteiger partial charge < -0.3 is 4.74 Å². The highest BCUT2D eigenvalue weighted by Gasteiger charge is 2.38. The van der Waals surface area contributed by atoms with Gasteiger partial charge in [-0.25, -0.2) is 13.2 Å². The molecule has 0 N–H and O–H groups in total.